The maximum atomic E-state index is 13.1. The number of anilines is 3. The molecule has 3 aromatic heterocycles. The van der Waals surface area contributed by atoms with E-state index in [1.54, 1.807) is 71.6 Å². The molecule has 1 aliphatic heterocycles. The van der Waals surface area contributed by atoms with E-state index in [4.69, 9.17) is 27.9 Å². The van der Waals surface area contributed by atoms with Crippen molar-refractivity contribution in [3.05, 3.63) is 87.7 Å². The van der Waals surface area contributed by atoms with E-state index in [1.807, 2.05) is 0 Å². The second-order valence-electron chi connectivity index (χ2n) is 10.9. The number of morpholine rings is 1. The largest absolute Gasteiger partial charge is 0.379 e. The number of carbonyl (C=O) groups excluding carboxylic acids is 4. The summed E-state index contributed by atoms with van der Waals surface area (Å²) in [6.07, 6.45) is 4.87. The van der Waals surface area contributed by atoms with Gasteiger partial charge in [0.1, 0.15) is 17.1 Å². The van der Waals surface area contributed by atoms with Gasteiger partial charge < -0.3 is 39.7 Å². The van der Waals surface area contributed by atoms with Crippen LogP contribution in [0.1, 0.15) is 41.8 Å². The van der Waals surface area contributed by atoms with Crippen molar-refractivity contribution in [2.45, 2.75) is 0 Å². The van der Waals surface area contributed by atoms with Crippen LogP contribution in [0.3, 0.4) is 0 Å². The molecule has 0 bridgehead atoms. The van der Waals surface area contributed by atoms with E-state index < -0.39 is 17.7 Å². The number of rotatable bonds is 10. The number of halogens is 2. The fraction of sp³-hybridized carbons (Fsp3) is 0.290. The third-order valence-corrected chi connectivity index (χ3v) is 8.03. The minimum absolute atomic E-state index is 0.205. The average Bonchev–Trinajstić information content (AvgIpc) is 3.68. The van der Waals surface area contributed by atoms with Gasteiger partial charge in [0.05, 0.1) is 40.9 Å². The Labute approximate surface area is 275 Å². The Morgan fingerprint density at radius 3 is 1.67 bits per heavy atom. The maximum absolute atomic E-state index is 13.1. The zero-order chi connectivity index (χ0) is 33.0. The van der Waals surface area contributed by atoms with Crippen molar-refractivity contribution in [2.75, 3.05) is 55.3 Å². The molecule has 4 amide bonds. The first-order valence-electron chi connectivity index (χ1n) is 14.4. The highest BCUT2D eigenvalue weighted by atomic mass is 35.5. The highest BCUT2D eigenvalue weighted by Gasteiger charge is 2.20. The summed E-state index contributed by atoms with van der Waals surface area (Å²) in [6.45, 7) is 4.31. The van der Waals surface area contributed by atoms with Crippen LogP contribution in [0, 0.1) is 0 Å². The van der Waals surface area contributed by atoms with Crippen LogP contribution in [0.5, 0.6) is 0 Å². The van der Waals surface area contributed by atoms with E-state index >= 15 is 0 Å². The predicted octanol–water partition coefficient (Wildman–Crippen LogP) is 3.83. The van der Waals surface area contributed by atoms with Crippen molar-refractivity contribution in [2.24, 2.45) is 21.1 Å². The van der Waals surface area contributed by atoms with Crippen molar-refractivity contribution in [3.8, 4) is 0 Å². The van der Waals surface area contributed by atoms with Crippen molar-refractivity contribution >= 4 is 63.9 Å². The number of aromatic nitrogens is 3. The lowest BCUT2D eigenvalue weighted by atomic mass is 10.2. The molecule has 4 aromatic rings. The van der Waals surface area contributed by atoms with Crippen molar-refractivity contribution in [1.82, 2.24) is 23.9 Å². The Bertz CT molecular complexity index is 1790. The fourth-order valence-corrected chi connectivity index (χ4v) is 5.58. The van der Waals surface area contributed by atoms with Crippen molar-refractivity contribution < 1.29 is 23.9 Å². The van der Waals surface area contributed by atoms with E-state index in [9.17, 15) is 19.2 Å². The number of nitrogens with zero attached hydrogens (tertiary/aromatic N) is 4. The first kappa shape index (κ1) is 32.8. The molecule has 1 saturated heterocycles. The Morgan fingerprint density at radius 2 is 1.17 bits per heavy atom. The van der Waals surface area contributed by atoms with Gasteiger partial charge in [-0.15, -0.1) is 0 Å². The zero-order valence-corrected chi connectivity index (χ0v) is 27.0. The van der Waals surface area contributed by atoms with Crippen LogP contribution < -0.4 is 21.3 Å². The molecule has 1 fully saturated rings. The summed E-state index contributed by atoms with van der Waals surface area (Å²) in [7, 11) is 5.08. The highest BCUT2D eigenvalue weighted by molar-refractivity contribution is 6.37. The van der Waals surface area contributed by atoms with E-state index in [1.165, 1.54) is 18.2 Å². The molecule has 46 heavy (non-hydrogen) atoms. The lowest BCUT2D eigenvalue weighted by molar-refractivity contribution is 0.0383. The second kappa shape index (κ2) is 14.3. The van der Waals surface area contributed by atoms with Crippen LogP contribution in [0.4, 0.5) is 17.1 Å². The summed E-state index contributed by atoms with van der Waals surface area (Å²) < 4.78 is 10.1. The smallest absolute Gasteiger partial charge is 0.272 e. The molecule has 0 aliphatic carbocycles. The molecule has 0 unspecified atom stereocenters. The summed E-state index contributed by atoms with van der Waals surface area (Å²) in [6, 6.07) is 9.23. The summed E-state index contributed by atoms with van der Waals surface area (Å²) in [5.74, 6) is -1.56. The van der Waals surface area contributed by atoms with Crippen molar-refractivity contribution in [1.29, 1.82) is 0 Å². The van der Waals surface area contributed by atoms with Crippen LogP contribution in [-0.4, -0.2) is 81.6 Å². The standard InChI is InChI=1S/C31H34Cl2N8O5/c1-38-17-21(13-25(38)29(43)34-6-7-41-8-10-46-11-9-41)36-31(45)27-15-22(18-40(27)3)37-30(44)26-14-20(16-39(26)2)35-28(42)23-5-4-19(32)12-24(23)33/h4-5,12-18H,6-11H2,1-3H3,(H,34,43)(H,35,42)(H,36,45)(H,37,44). The Morgan fingerprint density at radius 1 is 0.696 bits per heavy atom. The minimum Gasteiger partial charge on any atom is -0.379 e. The van der Waals surface area contributed by atoms with Gasteiger partial charge >= 0.3 is 0 Å². The van der Waals surface area contributed by atoms with Crippen LogP contribution in [0.25, 0.3) is 0 Å². The molecular weight excluding hydrogens is 635 g/mol. The third kappa shape index (κ3) is 7.80. The third-order valence-electron chi connectivity index (χ3n) is 7.48. The van der Waals surface area contributed by atoms with Crippen LogP contribution in [-0.2, 0) is 25.9 Å². The van der Waals surface area contributed by atoms with E-state index in [0.29, 0.717) is 47.5 Å². The molecule has 0 atom stereocenters. The molecule has 15 heteroatoms. The first-order valence-corrected chi connectivity index (χ1v) is 15.2. The quantitative estimate of drug-likeness (QED) is 0.202. The Balaban J connectivity index is 1.17. The molecule has 13 nitrogen and oxygen atoms in total. The van der Waals surface area contributed by atoms with Gasteiger partial charge in [-0.05, 0) is 36.4 Å². The van der Waals surface area contributed by atoms with Gasteiger partial charge in [-0.25, -0.2) is 0 Å². The molecule has 0 radical (unpaired) electrons. The monoisotopic (exact) mass is 668 g/mol. The number of hydrogen-bond donors (Lipinski definition) is 4. The predicted molar refractivity (Wildman–Crippen MR) is 176 cm³/mol. The Hall–Kier alpha value is -4.56. The number of nitrogens with one attached hydrogen (secondary N) is 4. The van der Waals surface area contributed by atoms with Gasteiger partial charge in [-0.3, -0.25) is 24.1 Å². The molecule has 5 rings (SSSR count). The zero-order valence-electron chi connectivity index (χ0n) is 25.5. The molecular formula is C31H34Cl2N8O5. The van der Waals surface area contributed by atoms with Gasteiger partial charge in [0.2, 0.25) is 0 Å². The number of hydrogen-bond acceptors (Lipinski definition) is 6. The number of ether oxygens (including phenoxy) is 1. The molecule has 242 valence electrons. The van der Waals surface area contributed by atoms with Crippen LogP contribution in [0.15, 0.2) is 55.0 Å². The Kier molecular flexibility index (Phi) is 10.2. The molecule has 4 heterocycles. The number of carbonyl (C=O) groups is 4. The summed E-state index contributed by atoms with van der Waals surface area (Å²) in [5.41, 5.74) is 2.45. The van der Waals surface area contributed by atoms with Gasteiger partial charge in [0, 0.05) is 70.9 Å². The lowest BCUT2D eigenvalue weighted by Gasteiger charge is -2.26. The maximum Gasteiger partial charge on any atom is 0.272 e. The minimum atomic E-state index is -0.451. The number of aryl methyl sites for hydroxylation is 3. The molecule has 1 aromatic carbocycles. The van der Waals surface area contributed by atoms with Crippen LogP contribution >= 0.6 is 23.2 Å². The normalized spacial score (nSPS) is 13.3. The number of benzene rings is 1. The van der Waals surface area contributed by atoms with E-state index in [-0.39, 0.29) is 27.9 Å². The van der Waals surface area contributed by atoms with E-state index in [2.05, 4.69) is 26.2 Å². The summed E-state index contributed by atoms with van der Waals surface area (Å²) in [4.78, 5) is 53.9. The second-order valence-corrected chi connectivity index (χ2v) is 11.7. The molecule has 0 saturated carbocycles. The summed E-state index contributed by atoms with van der Waals surface area (Å²) in [5, 5.41) is 11.9. The number of amides is 4. The van der Waals surface area contributed by atoms with Crippen LogP contribution in [0.2, 0.25) is 10.0 Å². The van der Waals surface area contributed by atoms with E-state index in [0.717, 1.165) is 19.6 Å². The average molecular weight is 670 g/mol. The lowest BCUT2D eigenvalue weighted by Crippen LogP contribution is -2.41. The van der Waals surface area contributed by atoms with Gasteiger partial charge in [-0.2, -0.15) is 0 Å². The van der Waals surface area contributed by atoms with Gasteiger partial charge in [0.15, 0.2) is 0 Å². The SMILES string of the molecule is Cn1cc(NC(=O)c2cc(NC(=O)c3cc(NC(=O)c4ccc(Cl)cc4Cl)cn3C)cn2C)cc1C(=O)NCCN1CCOCC1. The molecule has 4 N–H and O–H groups in total. The summed E-state index contributed by atoms with van der Waals surface area (Å²) >= 11 is 12.1. The van der Waals surface area contributed by atoms with Gasteiger partial charge in [-0.1, -0.05) is 23.2 Å². The molecule has 0 spiro atoms. The first-order chi connectivity index (χ1) is 22.0. The fourth-order valence-electron chi connectivity index (χ4n) is 5.08. The van der Waals surface area contributed by atoms with Gasteiger partial charge in [0.25, 0.3) is 23.6 Å². The van der Waals surface area contributed by atoms with Crippen molar-refractivity contribution in [3.63, 3.8) is 0 Å². The highest BCUT2D eigenvalue weighted by Crippen LogP contribution is 2.23. The topological polar surface area (TPSA) is 144 Å². The molecule has 1 aliphatic rings.